The van der Waals surface area contributed by atoms with Crippen LogP contribution in [-0.2, 0) is 11.3 Å². The number of rotatable bonds is 10. The maximum atomic E-state index is 12.5. The van der Waals surface area contributed by atoms with Crippen LogP contribution in [0.1, 0.15) is 38.7 Å². The van der Waals surface area contributed by atoms with Gasteiger partial charge in [0.15, 0.2) is 0 Å². The maximum Gasteiger partial charge on any atom is 0.330 e. The third-order valence-corrected chi connectivity index (χ3v) is 4.37. The van der Waals surface area contributed by atoms with Crippen LogP contribution in [0, 0.1) is 5.92 Å². The molecule has 0 spiro atoms. The number of nitrogen functional groups attached to an aromatic ring is 1. The Morgan fingerprint density at radius 3 is 2.50 bits per heavy atom. The number of hydrogen-bond donors (Lipinski definition) is 3. The van der Waals surface area contributed by atoms with Crippen LogP contribution in [0.3, 0.4) is 0 Å². The average molecular weight is 388 g/mol. The van der Waals surface area contributed by atoms with Gasteiger partial charge >= 0.3 is 11.7 Å². The zero-order chi connectivity index (χ0) is 20.7. The van der Waals surface area contributed by atoms with Gasteiger partial charge in [-0.05, 0) is 24.3 Å². The van der Waals surface area contributed by atoms with E-state index in [0.717, 1.165) is 5.56 Å². The Bertz CT molecular complexity index is 903. The van der Waals surface area contributed by atoms with E-state index in [1.54, 1.807) is 0 Å². The molecule has 1 heterocycles. The second-order valence-electron chi connectivity index (χ2n) is 7.26. The van der Waals surface area contributed by atoms with E-state index in [4.69, 9.17) is 10.8 Å². The van der Waals surface area contributed by atoms with Gasteiger partial charge < -0.3 is 15.7 Å². The highest BCUT2D eigenvalue weighted by molar-refractivity contribution is 5.66. The molecule has 2 rings (SSSR count). The number of H-pyrrole nitrogens is 1. The van der Waals surface area contributed by atoms with Crippen molar-refractivity contribution in [2.45, 2.75) is 39.7 Å². The molecule has 2 aromatic rings. The molecule has 0 saturated heterocycles. The van der Waals surface area contributed by atoms with Crippen molar-refractivity contribution in [2.24, 2.45) is 5.92 Å². The van der Waals surface area contributed by atoms with Crippen molar-refractivity contribution in [3.63, 3.8) is 0 Å². The Balaban J connectivity index is 2.36. The lowest BCUT2D eigenvalue weighted by atomic mass is 10.1. The van der Waals surface area contributed by atoms with E-state index in [0.29, 0.717) is 25.9 Å². The Morgan fingerprint density at radius 2 is 1.89 bits per heavy atom. The summed E-state index contributed by atoms with van der Waals surface area (Å²) < 4.78 is 1.36. The zero-order valence-corrected chi connectivity index (χ0v) is 16.4. The van der Waals surface area contributed by atoms with Crippen LogP contribution >= 0.6 is 0 Å². The molecule has 0 saturated carbocycles. The summed E-state index contributed by atoms with van der Waals surface area (Å²) in [6.45, 7) is 5.36. The third-order valence-electron chi connectivity index (χ3n) is 4.37. The van der Waals surface area contributed by atoms with Crippen molar-refractivity contribution in [1.82, 2.24) is 9.55 Å². The quantitative estimate of drug-likeness (QED) is 0.534. The van der Waals surface area contributed by atoms with Crippen molar-refractivity contribution in [1.29, 1.82) is 0 Å². The van der Waals surface area contributed by atoms with Crippen LogP contribution in [-0.4, -0.2) is 33.7 Å². The van der Waals surface area contributed by atoms with E-state index in [9.17, 15) is 14.4 Å². The fourth-order valence-corrected chi connectivity index (χ4v) is 3.12. The molecule has 0 aliphatic carbocycles. The Kier molecular flexibility index (Phi) is 7.43. The number of aliphatic carboxylic acids is 1. The fraction of sp³-hybridized carbons (Fsp3) is 0.450. The number of nitrogens with one attached hydrogen (secondary N) is 1. The SMILES string of the molecule is CC(C)CN(CCCCC(=O)O)c1c(N)n(Cc2ccccc2)c(=O)[nH]c1=O. The number of hydrogen-bond acceptors (Lipinski definition) is 5. The molecule has 0 amide bonds. The number of carbonyl (C=O) groups is 1. The molecule has 0 atom stereocenters. The zero-order valence-electron chi connectivity index (χ0n) is 16.4. The average Bonchev–Trinajstić information content (AvgIpc) is 2.62. The van der Waals surface area contributed by atoms with E-state index >= 15 is 0 Å². The Morgan fingerprint density at radius 1 is 1.21 bits per heavy atom. The minimum atomic E-state index is -0.843. The van der Waals surface area contributed by atoms with Gasteiger partial charge in [0.05, 0.1) is 6.54 Å². The molecule has 1 aromatic heterocycles. The van der Waals surface area contributed by atoms with Crippen LogP contribution in [0.2, 0.25) is 0 Å². The van der Waals surface area contributed by atoms with Crippen LogP contribution in [0.4, 0.5) is 11.5 Å². The number of anilines is 2. The molecule has 28 heavy (non-hydrogen) atoms. The highest BCUT2D eigenvalue weighted by Gasteiger charge is 2.19. The molecule has 0 fully saturated rings. The minimum Gasteiger partial charge on any atom is -0.481 e. The molecule has 0 bridgehead atoms. The number of carboxylic acids is 1. The number of carboxylic acid groups (broad SMARTS) is 1. The molecule has 4 N–H and O–H groups in total. The largest absolute Gasteiger partial charge is 0.481 e. The first-order valence-electron chi connectivity index (χ1n) is 9.42. The number of aromatic amines is 1. The predicted molar refractivity (Wildman–Crippen MR) is 110 cm³/mol. The summed E-state index contributed by atoms with van der Waals surface area (Å²) in [5, 5.41) is 8.81. The highest BCUT2D eigenvalue weighted by atomic mass is 16.4. The van der Waals surface area contributed by atoms with Crippen molar-refractivity contribution in [3.8, 4) is 0 Å². The van der Waals surface area contributed by atoms with E-state index in [1.165, 1.54) is 4.57 Å². The Labute approximate surface area is 163 Å². The summed E-state index contributed by atoms with van der Waals surface area (Å²) in [6, 6.07) is 9.39. The third kappa shape index (κ3) is 5.73. The lowest BCUT2D eigenvalue weighted by Crippen LogP contribution is -2.40. The first-order chi connectivity index (χ1) is 13.3. The number of aromatic nitrogens is 2. The predicted octanol–water partition coefficient (Wildman–Crippen LogP) is 1.88. The molecule has 8 nitrogen and oxygen atoms in total. The van der Waals surface area contributed by atoms with Crippen molar-refractivity contribution in [2.75, 3.05) is 23.7 Å². The molecule has 8 heteroatoms. The monoisotopic (exact) mass is 388 g/mol. The fourth-order valence-electron chi connectivity index (χ4n) is 3.12. The molecule has 0 radical (unpaired) electrons. The minimum absolute atomic E-state index is 0.0782. The second kappa shape index (κ2) is 9.77. The molecule has 0 aliphatic heterocycles. The van der Waals surface area contributed by atoms with Crippen molar-refractivity contribution in [3.05, 3.63) is 56.7 Å². The van der Waals surface area contributed by atoms with E-state index in [2.05, 4.69) is 4.98 Å². The number of unbranched alkanes of at least 4 members (excludes halogenated alkanes) is 1. The van der Waals surface area contributed by atoms with Gasteiger partial charge in [-0.15, -0.1) is 0 Å². The van der Waals surface area contributed by atoms with Crippen LogP contribution in [0.5, 0.6) is 0 Å². The first-order valence-corrected chi connectivity index (χ1v) is 9.42. The van der Waals surface area contributed by atoms with Crippen molar-refractivity contribution >= 4 is 17.5 Å². The van der Waals surface area contributed by atoms with Gasteiger partial charge in [0.1, 0.15) is 11.5 Å². The van der Waals surface area contributed by atoms with Gasteiger partial charge in [0, 0.05) is 19.5 Å². The molecule has 1 aromatic carbocycles. The molecule has 0 aliphatic rings. The van der Waals surface area contributed by atoms with E-state index in [1.807, 2.05) is 49.1 Å². The number of nitrogens with two attached hydrogens (primary N) is 1. The summed E-state index contributed by atoms with van der Waals surface area (Å²) in [7, 11) is 0. The first kappa shape index (κ1) is 21.3. The number of benzene rings is 1. The lowest BCUT2D eigenvalue weighted by molar-refractivity contribution is -0.137. The smallest absolute Gasteiger partial charge is 0.330 e. The summed E-state index contributed by atoms with van der Waals surface area (Å²) >= 11 is 0. The van der Waals surface area contributed by atoms with Gasteiger partial charge in [-0.25, -0.2) is 4.79 Å². The normalized spacial score (nSPS) is 11.0. The summed E-state index contributed by atoms with van der Waals surface area (Å²) in [4.78, 5) is 39.8. The molecular formula is C20H28N4O4. The molecular weight excluding hydrogens is 360 g/mol. The van der Waals surface area contributed by atoms with E-state index in [-0.39, 0.29) is 30.4 Å². The topological polar surface area (TPSA) is 121 Å². The van der Waals surface area contributed by atoms with Crippen LogP contribution in [0.15, 0.2) is 39.9 Å². The Hall–Kier alpha value is -3.03. The maximum absolute atomic E-state index is 12.5. The van der Waals surface area contributed by atoms with Gasteiger partial charge in [0.2, 0.25) is 0 Å². The summed E-state index contributed by atoms with van der Waals surface area (Å²) in [5.41, 5.74) is 6.35. The van der Waals surface area contributed by atoms with Crippen LogP contribution in [0.25, 0.3) is 0 Å². The lowest BCUT2D eigenvalue weighted by Gasteiger charge is -2.27. The summed E-state index contributed by atoms with van der Waals surface area (Å²) in [6.07, 6.45) is 1.19. The standard InChI is InChI=1S/C20H28N4O4/c1-14(2)12-23(11-7-6-10-16(25)26)17-18(21)24(20(28)22-19(17)27)13-15-8-4-3-5-9-15/h3-5,8-9,14H,6-7,10-13,21H2,1-2H3,(H,25,26)(H,22,27,28). The number of nitrogens with zero attached hydrogens (tertiary/aromatic N) is 2. The van der Waals surface area contributed by atoms with Crippen molar-refractivity contribution < 1.29 is 9.90 Å². The van der Waals surface area contributed by atoms with Gasteiger partial charge in [0.25, 0.3) is 5.56 Å². The van der Waals surface area contributed by atoms with Gasteiger partial charge in [-0.1, -0.05) is 44.2 Å². The highest BCUT2D eigenvalue weighted by Crippen LogP contribution is 2.20. The summed E-state index contributed by atoms with van der Waals surface area (Å²) in [5.74, 6) is -0.464. The van der Waals surface area contributed by atoms with E-state index < -0.39 is 17.2 Å². The van der Waals surface area contributed by atoms with Crippen LogP contribution < -0.4 is 21.9 Å². The molecule has 152 valence electrons. The van der Waals surface area contributed by atoms with Gasteiger partial charge in [-0.2, -0.15) is 0 Å². The molecule has 0 unspecified atom stereocenters. The second-order valence-corrected chi connectivity index (χ2v) is 7.26. The van der Waals surface area contributed by atoms with Gasteiger partial charge in [-0.3, -0.25) is 19.1 Å².